The largest absolute Gasteiger partial charge is 0.481 e. The molecule has 2 heterocycles. The second-order valence-electron chi connectivity index (χ2n) is 4.97. The summed E-state index contributed by atoms with van der Waals surface area (Å²) in [7, 11) is 0. The minimum Gasteiger partial charge on any atom is -0.481 e. The maximum Gasteiger partial charge on any atom is 0.216 e. The molecule has 5 nitrogen and oxygen atoms in total. The normalized spacial score (nSPS) is 16.2. The van der Waals surface area contributed by atoms with Gasteiger partial charge in [-0.05, 0) is 36.8 Å². The van der Waals surface area contributed by atoms with Gasteiger partial charge in [0.1, 0.15) is 24.2 Å². The van der Waals surface area contributed by atoms with E-state index >= 15 is 0 Å². The van der Waals surface area contributed by atoms with Crippen molar-refractivity contribution in [3.05, 3.63) is 65.8 Å². The van der Waals surface area contributed by atoms with Gasteiger partial charge in [0.05, 0.1) is 6.20 Å². The zero-order chi connectivity index (χ0) is 16.1. The highest BCUT2D eigenvalue weighted by molar-refractivity contribution is 5.32. The van der Waals surface area contributed by atoms with Crippen LogP contribution in [0.1, 0.15) is 17.4 Å². The molecule has 116 valence electrons. The summed E-state index contributed by atoms with van der Waals surface area (Å²) >= 11 is 0. The van der Waals surface area contributed by atoms with E-state index < -0.39 is 0 Å². The van der Waals surface area contributed by atoms with Gasteiger partial charge in [-0.2, -0.15) is 0 Å². The van der Waals surface area contributed by atoms with Gasteiger partial charge in [-0.25, -0.2) is 5.48 Å². The summed E-state index contributed by atoms with van der Waals surface area (Å²) in [4.78, 5) is 9.69. The van der Waals surface area contributed by atoms with E-state index in [1.54, 1.807) is 6.20 Å². The van der Waals surface area contributed by atoms with Crippen molar-refractivity contribution in [3.63, 3.8) is 0 Å². The van der Waals surface area contributed by atoms with Crippen molar-refractivity contribution in [2.24, 2.45) is 0 Å². The van der Waals surface area contributed by atoms with Gasteiger partial charge in [0.15, 0.2) is 0 Å². The molecule has 0 fully saturated rings. The summed E-state index contributed by atoms with van der Waals surface area (Å²) in [5.41, 5.74) is 4.69. The molecule has 1 atom stereocenters. The first kappa shape index (κ1) is 14.9. The summed E-state index contributed by atoms with van der Waals surface area (Å²) in [6.45, 7) is 2.18. The lowest BCUT2D eigenvalue weighted by Crippen LogP contribution is -2.12. The number of nitrogens with one attached hydrogen (secondary N) is 1. The van der Waals surface area contributed by atoms with Crippen LogP contribution in [0.15, 0.2) is 54.6 Å². The van der Waals surface area contributed by atoms with E-state index in [2.05, 4.69) is 16.4 Å². The second-order valence-corrected chi connectivity index (χ2v) is 4.97. The molecule has 0 spiro atoms. The van der Waals surface area contributed by atoms with Gasteiger partial charge in [0, 0.05) is 11.8 Å². The molecule has 1 aromatic heterocycles. The first-order valence-electron chi connectivity index (χ1n) is 7.15. The molecule has 0 bridgehead atoms. The lowest BCUT2D eigenvalue weighted by atomic mass is 10.1. The smallest absolute Gasteiger partial charge is 0.216 e. The molecule has 0 unspecified atom stereocenters. The van der Waals surface area contributed by atoms with E-state index in [0.29, 0.717) is 11.6 Å². The van der Waals surface area contributed by atoms with Crippen LogP contribution in [0.4, 0.5) is 0 Å². The van der Waals surface area contributed by atoms with Crippen LogP contribution in [0, 0.1) is 19.3 Å². The number of aryl methyl sites for hydroxylation is 1. The molecular weight excluding hydrogens is 292 g/mol. The van der Waals surface area contributed by atoms with Gasteiger partial charge < -0.3 is 9.47 Å². The van der Waals surface area contributed by atoms with Crippen LogP contribution in [0.3, 0.4) is 0 Å². The third-order valence-corrected chi connectivity index (χ3v) is 3.23. The topological polar surface area (TPSA) is 52.6 Å². The molecular formula is C18H16N2O3. The van der Waals surface area contributed by atoms with Crippen molar-refractivity contribution < 1.29 is 14.3 Å². The van der Waals surface area contributed by atoms with Crippen molar-refractivity contribution >= 4 is 0 Å². The van der Waals surface area contributed by atoms with Gasteiger partial charge >= 0.3 is 0 Å². The maximum absolute atomic E-state index is 5.67. The number of aromatic nitrogens is 1. The van der Waals surface area contributed by atoms with E-state index in [-0.39, 0.29) is 12.7 Å². The minimum atomic E-state index is -0.231. The number of terminal acetylenes is 1. The van der Waals surface area contributed by atoms with E-state index in [0.717, 1.165) is 17.0 Å². The average Bonchev–Trinajstić information content (AvgIpc) is 3.04. The lowest BCUT2D eigenvalue weighted by Gasteiger charge is -2.08. The Bertz CT molecular complexity index is 730. The fourth-order valence-electron chi connectivity index (χ4n) is 2.07. The van der Waals surface area contributed by atoms with Crippen molar-refractivity contribution in [1.29, 1.82) is 0 Å². The Hall–Kier alpha value is -2.97. The Balaban J connectivity index is 1.64. The maximum atomic E-state index is 5.67. The van der Waals surface area contributed by atoms with Crippen LogP contribution in [0.5, 0.6) is 11.5 Å². The molecule has 0 aliphatic carbocycles. The van der Waals surface area contributed by atoms with Crippen molar-refractivity contribution in [2.75, 3.05) is 6.61 Å². The van der Waals surface area contributed by atoms with Gasteiger partial charge in [0.25, 0.3) is 0 Å². The zero-order valence-corrected chi connectivity index (χ0v) is 12.7. The van der Waals surface area contributed by atoms with Crippen LogP contribution in [0.2, 0.25) is 0 Å². The third-order valence-electron chi connectivity index (χ3n) is 3.23. The molecule has 2 aromatic rings. The Kier molecular flexibility index (Phi) is 4.46. The minimum absolute atomic E-state index is 0.231. The van der Waals surface area contributed by atoms with Crippen molar-refractivity contribution in [3.8, 4) is 23.8 Å². The number of pyridine rings is 1. The number of hydrogen-bond donors (Lipinski definition) is 1. The Morgan fingerprint density at radius 2 is 2.00 bits per heavy atom. The molecule has 5 heteroatoms. The fraction of sp³-hybridized carbons (Fsp3) is 0.167. The van der Waals surface area contributed by atoms with E-state index in [1.165, 1.54) is 0 Å². The molecule has 1 N–H and O–H groups in total. The van der Waals surface area contributed by atoms with E-state index in [4.69, 9.17) is 20.7 Å². The summed E-state index contributed by atoms with van der Waals surface area (Å²) in [5.74, 6) is 4.34. The number of ether oxygens (including phenoxy) is 2. The van der Waals surface area contributed by atoms with E-state index in [9.17, 15) is 0 Å². The number of hydrogen-bond acceptors (Lipinski definition) is 5. The lowest BCUT2D eigenvalue weighted by molar-refractivity contribution is 0.0273. The molecule has 23 heavy (non-hydrogen) atoms. The summed E-state index contributed by atoms with van der Waals surface area (Å²) < 4.78 is 11.0. The standard InChI is InChI=1S/C18H16N2O3/c1-3-10-21-15-8-5-14(6-9-15)17-11-18(20-23-17)22-16-7-4-13(2)19-12-16/h1,4-9,11-12,17,20H,10H2,2H3/t17-/m1/s1. The predicted octanol–water partition coefficient (Wildman–Crippen LogP) is 2.90. The monoisotopic (exact) mass is 308 g/mol. The van der Waals surface area contributed by atoms with Crippen molar-refractivity contribution in [2.45, 2.75) is 13.0 Å². The zero-order valence-electron chi connectivity index (χ0n) is 12.7. The SMILES string of the molecule is C#CCOc1ccc([C@H]2C=C(Oc3ccc(C)nc3)NO2)cc1. The van der Waals surface area contributed by atoms with Crippen LogP contribution in [-0.2, 0) is 4.84 Å². The summed E-state index contributed by atoms with van der Waals surface area (Å²) in [5, 5.41) is 0. The van der Waals surface area contributed by atoms with Gasteiger partial charge in [-0.15, -0.1) is 6.42 Å². The van der Waals surface area contributed by atoms with Gasteiger partial charge in [0.2, 0.25) is 5.88 Å². The molecule has 0 radical (unpaired) electrons. The number of hydroxylamine groups is 1. The first-order chi connectivity index (χ1) is 11.2. The van der Waals surface area contributed by atoms with Crippen LogP contribution < -0.4 is 15.0 Å². The summed E-state index contributed by atoms with van der Waals surface area (Å²) in [6, 6.07) is 11.3. The number of nitrogens with zero attached hydrogens (tertiary/aromatic N) is 1. The fourth-order valence-corrected chi connectivity index (χ4v) is 2.07. The average molecular weight is 308 g/mol. The molecule has 0 amide bonds. The Morgan fingerprint density at radius 3 is 2.70 bits per heavy atom. The Morgan fingerprint density at radius 1 is 1.22 bits per heavy atom. The quantitative estimate of drug-likeness (QED) is 0.861. The van der Waals surface area contributed by atoms with Crippen LogP contribution in [0.25, 0.3) is 0 Å². The molecule has 1 aliphatic rings. The molecule has 3 rings (SSSR count). The second kappa shape index (κ2) is 6.86. The predicted molar refractivity (Wildman–Crippen MR) is 85.4 cm³/mol. The highest BCUT2D eigenvalue weighted by Gasteiger charge is 2.20. The highest BCUT2D eigenvalue weighted by atomic mass is 16.7. The molecule has 1 aliphatic heterocycles. The van der Waals surface area contributed by atoms with Gasteiger partial charge in [-0.3, -0.25) is 9.82 Å². The molecule has 0 saturated carbocycles. The third kappa shape index (κ3) is 3.82. The Labute approximate surface area is 134 Å². The van der Waals surface area contributed by atoms with Crippen molar-refractivity contribution in [1.82, 2.24) is 10.5 Å². The summed E-state index contributed by atoms with van der Waals surface area (Å²) in [6.07, 6.45) is 8.46. The van der Waals surface area contributed by atoms with E-state index in [1.807, 2.05) is 49.4 Å². The van der Waals surface area contributed by atoms with Crippen LogP contribution >= 0.6 is 0 Å². The molecule has 0 saturated heterocycles. The number of rotatable bonds is 5. The number of benzene rings is 1. The van der Waals surface area contributed by atoms with Crippen LogP contribution in [-0.4, -0.2) is 11.6 Å². The molecule has 1 aromatic carbocycles. The first-order valence-corrected chi connectivity index (χ1v) is 7.15. The van der Waals surface area contributed by atoms with Gasteiger partial charge in [-0.1, -0.05) is 18.1 Å². The highest BCUT2D eigenvalue weighted by Crippen LogP contribution is 2.26.